The molecule has 0 aliphatic carbocycles. The van der Waals surface area contributed by atoms with Crippen LogP contribution in [0, 0.1) is 23.5 Å². The van der Waals surface area contributed by atoms with Gasteiger partial charge in [0.2, 0.25) is 9.84 Å². The van der Waals surface area contributed by atoms with Crippen LogP contribution >= 0.6 is 0 Å². The summed E-state index contributed by atoms with van der Waals surface area (Å²) < 4.78 is 71.0. The quantitative estimate of drug-likeness (QED) is 0.450. The number of aromatic nitrogens is 3. The minimum atomic E-state index is -4.66. The number of benzene rings is 2. The number of rotatable bonds is 5. The lowest BCUT2D eigenvalue weighted by atomic mass is 10.0. The lowest BCUT2D eigenvalue weighted by Crippen LogP contribution is -2.09. The van der Waals surface area contributed by atoms with E-state index in [0.29, 0.717) is 29.8 Å². The Morgan fingerprint density at radius 2 is 1.77 bits per heavy atom. The van der Waals surface area contributed by atoms with Crippen LogP contribution in [0.3, 0.4) is 0 Å². The Hall–Kier alpha value is -3.46. The average molecular weight is 442 g/mol. The Balaban J connectivity index is 2.02. The third kappa shape index (κ3) is 3.72. The van der Waals surface area contributed by atoms with E-state index >= 15 is 4.39 Å². The molecule has 0 saturated heterocycles. The Morgan fingerprint density at radius 1 is 1.03 bits per heavy atom. The summed E-state index contributed by atoms with van der Waals surface area (Å²) in [6, 6.07) is 10.0. The topological polar surface area (TPSA) is 64.8 Å². The van der Waals surface area contributed by atoms with Gasteiger partial charge in [-0.2, -0.15) is 5.10 Å². The van der Waals surface area contributed by atoms with Crippen LogP contribution < -0.4 is 0 Å². The van der Waals surface area contributed by atoms with Gasteiger partial charge in [0.25, 0.3) is 0 Å². The van der Waals surface area contributed by atoms with Gasteiger partial charge in [-0.25, -0.2) is 21.6 Å². The number of hydrogen-bond acceptors (Lipinski definition) is 4. The van der Waals surface area contributed by atoms with Crippen molar-refractivity contribution in [3.05, 3.63) is 84.6 Å². The van der Waals surface area contributed by atoms with E-state index in [1.807, 2.05) is 6.92 Å². The summed E-state index contributed by atoms with van der Waals surface area (Å²) in [5, 5.41) is 4.35. The molecule has 5 nitrogen and oxygen atoms in total. The summed E-state index contributed by atoms with van der Waals surface area (Å²) in [4.78, 5) is 2.41. The zero-order valence-corrected chi connectivity index (χ0v) is 17.0. The second-order valence-electron chi connectivity index (χ2n) is 6.59. The first-order valence-corrected chi connectivity index (χ1v) is 10.7. The van der Waals surface area contributed by atoms with Crippen molar-refractivity contribution in [3.8, 4) is 22.4 Å². The molecule has 4 aromatic rings. The maximum atomic E-state index is 15.1. The average Bonchev–Trinajstić information content (AvgIpc) is 3.20. The van der Waals surface area contributed by atoms with Crippen molar-refractivity contribution in [1.82, 2.24) is 14.8 Å². The summed E-state index contributed by atoms with van der Waals surface area (Å²) in [7, 11) is -4.66. The van der Waals surface area contributed by atoms with Gasteiger partial charge in [-0.3, -0.25) is 9.67 Å². The Bertz CT molecular complexity index is 1370. The molecule has 157 valence electrons. The van der Waals surface area contributed by atoms with E-state index < -0.39 is 37.1 Å². The molecule has 0 bridgehead atoms. The number of aryl methyl sites for hydroxylation is 1. The van der Waals surface area contributed by atoms with Gasteiger partial charge >= 0.3 is 0 Å². The van der Waals surface area contributed by atoms with Crippen molar-refractivity contribution in [2.45, 2.75) is 23.3 Å². The van der Waals surface area contributed by atoms with Gasteiger partial charge in [0, 0.05) is 36.8 Å². The van der Waals surface area contributed by atoms with Crippen LogP contribution in [0.25, 0.3) is 22.4 Å². The number of nitrogens with zero attached hydrogens (tertiary/aromatic N) is 3. The largest absolute Gasteiger partial charge is 0.272 e. The van der Waals surface area contributed by atoms with E-state index in [2.05, 4.69) is 16.1 Å². The van der Waals surface area contributed by atoms with Crippen LogP contribution in [0.2, 0.25) is 0 Å². The van der Waals surface area contributed by atoms with Crippen molar-refractivity contribution in [2.75, 3.05) is 0 Å². The second-order valence-corrected chi connectivity index (χ2v) is 8.45. The molecule has 2 aromatic heterocycles. The Labute approximate surface area is 176 Å². The van der Waals surface area contributed by atoms with Crippen molar-refractivity contribution >= 4 is 9.84 Å². The van der Waals surface area contributed by atoms with E-state index in [1.165, 1.54) is 17.1 Å². The van der Waals surface area contributed by atoms with Crippen LogP contribution in [0.5, 0.6) is 0 Å². The summed E-state index contributed by atoms with van der Waals surface area (Å²) in [5.41, 5.74) is 0.759. The summed E-state index contributed by atoms with van der Waals surface area (Å²) in [6.07, 6.45) is 4.72. The third-order valence-corrected chi connectivity index (χ3v) is 6.43. The summed E-state index contributed by atoms with van der Waals surface area (Å²) >= 11 is 0. The second kappa shape index (κ2) is 7.99. The molecule has 9 heteroatoms. The maximum Gasteiger partial charge on any atom is 0.210 e. The minimum absolute atomic E-state index is 0.0396. The van der Waals surface area contributed by atoms with E-state index in [1.54, 1.807) is 18.3 Å². The Morgan fingerprint density at radius 3 is 2.48 bits per heavy atom. The van der Waals surface area contributed by atoms with Crippen LogP contribution in [0.1, 0.15) is 6.92 Å². The first kappa shape index (κ1) is 20.8. The molecule has 0 fully saturated rings. The van der Waals surface area contributed by atoms with Gasteiger partial charge in [-0.15, -0.1) is 0 Å². The first-order chi connectivity index (χ1) is 14.8. The van der Waals surface area contributed by atoms with Crippen LogP contribution in [0.4, 0.5) is 13.2 Å². The van der Waals surface area contributed by atoms with Gasteiger partial charge in [-0.05, 0) is 48.9 Å². The lowest BCUT2D eigenvalue weighted by Gasteiger charge is -2.12. The Kier molecular flexibility index (Phi) is 5.36. The standard InChI is InChI=1S/C22H15F3N3O2S/c1-2-28-13-16(14-8-10-26-11-9-14)22(27-28)21-18(25)4-3-5-19(21)31(29,30)20-12-15(23)6-7-17(20)24/h3-4,6-13H,2H2,1H3. The fraction of sp³-hybridized carbons (Fsp3) is 0.0909. The van der Waals surface area contributed by atoms with Crippen LogP contribution in [0.15, 0.2) is 70.8 Å². The molecule has 4 rings (SSSR count). The van der Waals surface area contributed by atoms with Crippen molar-refractivity contribution < 1.29 is 21.6 Å². The highest BCUT2D eigenvalue weighted by molar-refractivity contribution is 7.91. The molecule has 0 aliphatic rings. The summed E-state index contributed by atoms with van der Waals surface area (Å²) in [5.74, 6) is -2.98. The fourth-order valence-corrected chi connectivity index (χ4v) is 4.69. The zero-order chi connectivity index (χ0) is 22.2. The van der Waals surface area contributed by atoms with E-state index in [9.17, 15) is 17.2 Å². The number of halogens is 3. The van der Waals surface area contributed by atoms with E-state index in [-0.39, 0.29) is 11.3 Å². The highest BCUT2D eigenvalue weighted by Gasteiger charge is 2.30. The molecule has 0 amide bonds. The lowest BCUT2D eigenvalue weighted by molar-refractivity contribution is 0.552. The van der Waals surface area contributed by atoms with Gasteiger partial charge < -0.3 is 0 Å². The van der Waals surface area contributed by atoms with Crippen molar-refractivity contribution in [2.24, 2.45) is 0 Å². The SMILES string of the molecule is CCn1cc(-c2ccncc2)c(-c2c(S(=O)(=O)c3cc(F)ccc3F)[c]ccc2F)n1. The molecule has 2 aromatic carbocycles. The smallest absolute Gasteiger partial charge is 0.210 e. The number of pyridine rings is 1. The van der Waals surface area contributed by atoms with Gasteiger partial charge in [0.1, 0.15) is 28.0 Å². The third-order valence-electron chi connectivity index (χ3n) is 4.68. The number of sulfone groups is 1. The van der Waals surface area contributed by atoms with Crippen LogP contribution in [-0.4, -0.2) is 23.2 Å². The zero-order valence-electron chi connectivity index (χ0n) is 16.2. The molecule has 1 radical (unpaired) electrons. The van der Waals surface area contributed by atoms with Gasteiger partial charge in [0.15, 0.2) is 0 Å². The molecule has 0 unspecified atom stereocenters. The molecular weight excluding hydrogens is 427 g/mol. The predicted molar refractivity (Wildman–Crippen MR) is 107 cm³/mol. The molecular formula is C22H15F3N3O2S. The molecule has 0 saturated carbocycles. The highest BCUT2D eigenvalue weighted by atomic mass is 32.2. The monoisotopic (exact) mass is 442 g/mol. The summed E-state index contributed by atoms with van der Waals surface area (Å²) in [6.45, 7) is 2.26. The van der Waals surface area contributed by atoms with Crippen molar-refractivity contribution in [1.29, 1.82) is 0 Å². The number of hydrogen-bond donors (Lipinski definition) is 0. The fourth-order valence-electron chi connectivity index (χ4n) is 3.19. The first-order valence-electron chi connectivity index (χ1n) is 9.21. The molecule has 2 heterocycles. The molecule has 31 heavy (non-hydrogen) atoms. The van der Waals surface area contributed by atoms with Gasteiger partial charge in [-0.1, -0.05) is 6.07 Å². The normalized spacial score (nSPS) is 11.6. The predicted octanol–water partition coefficient (Wildman–Crippen LogP) is 4.68. The van der Waals surface area contributed by atoms with E-state index in [4.69, 9.17) is 0 Å². The minimum Gasteiger partial charge on any atom is -0.272 e. The molecule has 0 aliphatic heterocycles. The molecule has 0 atom stereocenters. The van der Waals surface area contributed by atoms with E-state index in [0.717, 1.165) is 18.2 Å². The molecule has 0 spiro atoms. The highest BCUT2D eigenvalue weighted by Crippen LogP contribution is 2.38. The maximum absolute atomic E-state index is 15.1. The van der Waals surface area contributed by atoms with Crippen LogP contribution in [-0.2, 0) is 16.4 Å². The van der Waals surface area contributed by atoms with Gasteiger partial charge in [0.05, 0.1) is 10.5 Å². The molecule has 0 N–H and O–H groups in total. The van der Waals surface area contributed by atoms with Crippen molar-refractivity contribution in [3.63, 3.8) is 0 Å².